The van der Waals surface area contributed by atoms with Gasteiger partial charge in [-0.2, -0.15) is 0 Å². The molecule has 0 unspecified atom stereocenters. The maximum atomic E-state index is 2.57. The second kappa shape index (κ2) is 2.52. The molecule has 0 heteroatoms. The van der Waals surface area contributed by atoms with E-state index in [1.54, 1.807) is 5.57 Å². The van der Waals surface area contributed by atoms with Crippen molar-refractivity contribution < 1.29 is 0 Å². The average molecular weight is 204 g/mol. The summed E-state index contributed by atoms with van der Waals surface area (Å²) in [7, 11) is 0. The third-order valence-electron chi connectivity index (χ3n) is 6.20. The lowest BCUT2D eigenvalue weighted by Gasteiger charge is -2.54. The van der Waals surface area contributed by atoms with Crippen molar-refractivity contribution in [2.45, 2.75) is 59.8 Å². The summed E-state index contributed by atoms with van der Waals surface area (Å²) in [5, 5.41) is 0. The molecule has 3 rings (SSSR count). The van der Waals surface area contributed by atoms with E-state index in [0.29, 0.717) is 16.2 Å². The Hall–Kier alpha value is -0.260. The highest BCUT2D eigenvalue weighted by Gasteiger charge is 2.72. The Bertz CT molecular complexity index is 336. The van der Waals surface area contributed by atoms with Gasteiger partial charge in [-0.25, -0.2) is 0 Å². The minimum atomic E-state index is 0.584. The predicted octanol–water partition coefficient (Wildman–Crippen LogP) is 4.56. The minimum absolute atomic E-state index is 0.584. The molecule has 0 aromatic heterocycles. The van der Waals surface area contributed by atoms with E-state index in [1.807, 2.05) is 0 Å². The third kappa shape index (κ3) is 0.946. The molecule has 0 amide bonds. The standard InChI is InChI=1S/C15H24/c1-11-6-9-14(4)8-5-7-13(2,3)15(14)10-12(11)15/h6,12H,5,7-10H2,1-4H3/t12-,14-,15+/m1/s1. The average Bonchev–Trinajstić information content (AvgIpc) is 2.88. The fraction of sp³-hybridized carbons (Fsp3) is 0.867. The zero-order chi connectivity index (χ0) is 10.9. The summed E-state index contributed by atoms with van der Waals surface area (Å²) in [6.07, 6.45) is 9.74. The Kier molecular flexibility index (Phi) is 1.67. The molecule has 0 heterocycles. The summed E-state index contributed by atoms with van der Waals surface area (Å²) in [5.74, 6) is 0.937. The third-order valence-corrected chi connectivity index (χ3v) is 6.20. The first kappa shape index (κ1) is 9.93. The van der Waals surface area contributed by atoms with Gasteiger partial charge in [0.15, 0.2) is 0 Å². The van der Waals surface area contributed by atoms with Crippen molar-refractivity contribution in [3.8, 4) is 0 Å². The molecule has 3 aliphatic carbocycles. The van der Waals surface area contributed by atoms with E-state index in [9.17, 15) is 0 Å². The first-order valence-corrected chi connectivity index (χ1v) is 6.60. The van der Waals surface area contributed by atoms with Crippen molar-refractivity contribution >= 4 is 0 Å². The van der Waals surface area contributed by atoms with Gasteiger partial charge in [-0.1, -0.05) is 38.8 Å². The summed E-state index contributed by atoms with van der Waals surface area (Å²) in [6.45, 7) is 9.99. The SMILES string of the molecule is CC1=CC[C@@]2(C)CCCC(C)(C)[C@@]23C[C@H]13. The van der Waals surface area contributed by atoms with Crippen LogP contribution in [0.5, 0.6) is 0 Å². The topological polar surface area (TPSA) is 0 Å². The van der Waals surface area contributed by atoms with Crippen LogP contribution in [0, 0.1) is 22.2 Å². The number of allylic oxidation sites excluding steroid dienone is 2. The zero-order valence-electron chi connectivity index (χ0n) is 10.7. The molecule has 2 fully saturated rings. The van der Waals surface area contributed by atoms with Crippen molar-refractivity contribution in [1.82, 2.24) is 0 Å². The molecule has 15 heavy (non-hydrogen) atoms. The molecule has 0 N–H and O–H groups in total. The van der Waals surface area contributed by atoms with Crippen LogP contribution in [-0.2, 0) is 0 Å². The maximum absolute atomic E-state index is 2.57. The lowest BCUT2D eigenvalue weighted by atomic mass is 9.50. The molecule has 0 saturated heterocycles. The van der Waals surface area contributed by atoms with Crippen LogP contribution in [0.4, 0.5) is 0 Å². The molecule has 84 valence electrons. The van der Waals surface area contributed by atoms with Gasteiger partial charge in [-0.3, -0.25) is 0 Å². The van der Waals surface area contributed by atoms with Gasteiger partial charge < -0.3 is 0 Å². The number of rotatable bonds is 0. The smallest absolute Gasteiger partial charge is 0.0118 e. The first-order valence-electron chi connectivity index (χ1n) is 6.60. The Labute approximate surface area is 94.1 Å². The van der Waals surface area contributed by atoms with Gasteiger partial charge in [0.05, 0.1) is 0 Å². The van der Waals surface area contributed by atoms with Crippen molar-refractivity contribution in [3.05, 3.63) is 11.6 Å². The zero-order valence-corrected chi connectivity index (χ0v) is 10.7. The predicted molar refractivity (Wildman–Crippen MR) is 64.7 cm³/mol. The molecule has 0 radical (unpaired) electrons. The van der Waals surface area contributed by atoms with Gasteiger partial charge in [0.25, 0.3) is 0 Å². The van der Waals surface area contributed by atoms with E-state index < -0.39 is 0 Å². The fourth-order valence-corrected chi connectivity index (χ4v) is 5.22. The molecule has 0 aromatic rings. The Balaban J connectivity index is 2.10. The van der Waals surface area contributed by atoms with E-state index in [0.717, 1.165) is 5.92 Å². The minimum Gasteiger partial charge on any atom is -0.0847 e. The van der Waals surface area contributed by atoms with Gasteiger partial charge in [0, 0.05) is 0 Å². The molecule has 3 atom stereocenters. The normalized spacial score (nSPS) is 51.5. The molecule has 3 aliphatic rings. The maximum Gasteiger partial charge on any atom is -0.0118 e. The van der Waals surface area contributed by atoms with Crippen LogP contribution in [0.3, 0.4) is 0 Å². The van der Waals surface area contributed by atoms with Gasteiger partial charge in [-0.05, 0) is 54.8 Å². The molecule has 0 aromatic carbocycles. The van der Waals surface area contributed by atoms with Gasteiger partial charge in [0.2, 0.25) is 0 Å². The Morgan fingerprint density at radius 3 is 2.67 bits per heavy atom. The van der Waals surface area contributed by atoms with Crippen LogP contribution >= 0.6 is 0 Å². The highest BCUT2D eigenvalue weighted by atomic mass is 14.8. The van der Waals surface area contributed by atoms with E-state index >= 15 is 0 Å². The molecule has 2 saturated carbocycles. The van der Waals surface area contributed by atoms with Crippen LogP contribution in [-0.4, -0.2) is 0 Å². The van der Waals surface area contributed by atoms with Crippen molar-refractivity contribution in [2.75, 3.05) is 0 Å². The van der Waals surface area contributed by atoms with E-state index in [1.165, 1.54) is 32.1 Å². The van der Waals surface area contributed by atoms with Crippen LogP contribution in [0.1, 0.15) is 59.8 Å². The summed E-state index contributed by atoms with van der Waals surface area (Å²) >= 11 is 0. The molecule has 0 nitrogen and oxygen atoms in total. The van der Waals surface area contributed by atoms with Crippen LogP contribution in [0.2, 0.25) is 0 Å². The molecule has 0 bridgehead atoms. The molecule has 0 aliphatic heterocycles. The highest BCUT2D eigenvalue weighted by molar-refractivity contribution is 5.33. The Morgan fingerprint density at radius 2 is 1.93 bits per heavy atom. The largest absolute Gasteiger partial charge is 0.0847 e. The summed E-state index contributed by atoms with van der Waals surface area (Å²) in [4.78, 5) is 0. The van der Waals surface area contributed by atoms with Crippen molar-refractivity contribution in [2.24, 2.45) is 22.2 Å². The van der Waals surface area contributed by atoms with Crippen LogP contribution in [0.25, 0.3) is 0 Å². The van der Waals surface area contributed by atoms with E-state index in [4.69, 9.17) is 0 Å². The fourth-order valence-electron chi connectivity index (χ4n) is 5.22. The molecule has 1 spiro atoms. The second-order valence-electron chi connectivity index (χ2n) is 7.18. The summed E-state index contributed by atoms with van der Waals surface area (Å²) in [6, 6.07) is 0. The van der Waals surface area contributed by atoms with Gasteiger partial charge >= 0.3 is 0 Å². The van der Waals surface area contributed by atoms with Gasteiger partial charge in [-0.15, -0.1) is 0 Å². The van der Waals surface area contributed by atoms with Crippen LogP contribution < -0.4 is 0 Å². The monoisotopic (exact) mass is 204 g/mol. The van der Waals surface area contributed by atoms with Crippen molar-refractivity contribution in [3.63, 3.8) is 0 Å². The van der Waals surface area contributed by atoms with E-state index in [2.05, 4.69) is 33.8 Å². The van der Waals surface area contributed by atoms with Crippen LogP contribution in [0.15, 0.2) is 11.6 Å². The number of hydrogen-bond acceptors (Lipinski definition) is 0. The Morgan fingerprint density at radius 1 is 1.20 bits per heavy atom. The number of hydrogen-bond donors (Lipinski definition) is 0. The quantitative estimate of drug-likeness (QED) is 0.507. The molecular formula is C15H24. The first-order chi connectivity index (χ1) is 6.93. The highest BCUT2D eigenvalue weighted by Crippen LogP contribution is 2.80. The lowest BCUT2D eigenvalue weighted by molar-refractivity contribution is -0.0346. The molecular weight excluding hydrogens is 180 g/mol. The van der Waals surface area contributed by atoms with E-state index in [-0.39, 0.29) is 0 Å². The summed E-state index contributed by atoms with van der Waals surface area (Å²) in [5.41, 5.74) is 3.58. The van der Waals surface area contributed by atoms with Crippen molar-refractivity contribution in [1.29, 1.82) is 0 Å². The van der Waals surface area contributed by atoms with Gasteiger partial charge in [0.1, 0.15) is 0 Å². The second-order valence-corrected chi connectivity index (χ2v) is 7.18. The summed E-state index contributed by atoms with van der Waals surface area (Å²) < 4.78 is 0. The lowest BCUT2D eigenvalue weighted by Crippen LogP contribution is -2.46.